The van der Waals surface area contributed by atoms with Gasteiger partial charge in [-0.2, -0.15) is 0 Å². The lowest BCUT2D eigenvalue weighted by Gasteiger charge is -2.35. The van der Waals surface area contributed by atoms with E-state index in [0.717, 1.165) is 6.54 Å². The van der Waals surface area contributed by atoms with E-state index in [1.807, 2.05) is 11.3 Å². The highest BCUT2D eigenvalue weighted by atomic mass is 32.1. The summed E-state index contributed by atoms with van der Waals surface area (Å²) in [5.74, 6) is 0. The maximum Gasteiger partial charge on any atom is 0.0507 e. The molecule has 0 bridgehead atoms. The van der Waals surface area contributed by atoms with Gasteiger partial charge in [-0.05, 0) is 31.2 Å². The molecule has 0 fully saturated rings. The minimum Gasteiger partial charge on any atom is -0.309 e. The lowest BCUT2D eigenvalue weighted by molar-refractivity contribution is 0.359. The van der Waals surface area contributed by atoms with Gasteiger partial charge in [-0.1, -0.05) is 51.1 Å². The molecule has 1 nitrogen and oxygen atoms in total. The Hall–Kier alpha value is -1.12. The molecule has 0 saturated heterocycles. The van der Waals surface area contributed by atoms with E-state index >= 15 is 0 Å². The summed E-state index contributed by atoms with van der Waals surface area (Å²) in [5.41, 5.74) is 1.46. The zero-order chi connectivity index (χ0) is 13.9. The Bertz CT molecular complexity index is 513. The predicted molar refractivity (Wildman–Crippen MR) is 84.9 cm³/mol. The highest BCUT2D eigenvalue weighted by molar-refractivity contribution is 7.12. The summed E-state index contributed by atoms with van der Waals surface area (Å²) in [5, 5.41) is 3.66. The van der Waals surface area contributed by atoms with Gasteiger partial charge in [0, 0.05) is 15.2 Å². The number of likely N-dealkylation sites (N-methyl/N-ethyl adjacent to an activating group) is 1. The van der Waals surface area contributed by atoms with Gasteiger partial charge in [0.25, 0.3) is 0 Å². The van der Waals surface area contributed by atoms with Crippen molar-refractivity contribution in [2.24, 2.45) is 0 Å². The summed E-state index contributed by atoms with van der Waals surface area (Å²) in [6.07, 6.45) is 0. The number of hydrogen-bond acceptors (Lipinski definition) is 2. The molecule has 1 atom stereocenters. The number of rotatable bonds is 5. The Morgan fingerprint density at radius 3 is 2.32 bits per heavy atom. The van der Waals surface area contributed by atoms with E-state index < -0.39 is 0 Å². The molecule has 19 heavy (non-hydrogen) atoms. The largest absolute Gasteiger partial charge is 0.309 e. The van der Waals surface area contributed by atoms with Crippen LogP contribution >= 0.6 is 11.3 Å². The van der Waals surface area contributed by atoms with Crippen LogP contribution < -0.4 is 5.32 Å². The van der Waals surface area contributed by atoms with Crippen LogP contribution in [0, 0.1) is 6.92 Å². The summed E-state index contributed by atoms with van der Waals surface area (Å²) in [7, 11) is 0. The molecule has 0 saturated carbocycles. The van der Waals surface area contributed by atoms with Crippen LogP contribution in [0.1, 0.15) is 42.1 Å². The van der Waals surface area contributed by atoms with Crippen LogP contribution in [0.2, 0.25) is 0 Å². The lowest BCUT2D eigenvalue weighted by Crippen LogP contribution is -2.36. The maximum absolute atomic E-state index is 3.66. The first-order valence-electron chi connectivity index (χ1n) is 6.91. The molecule has 1 heterocycles. The van der Waals surface area contributed by atoms with Crippen molar-refractivity contribution in [2.75, 3.05) is 6.54 Å². The van der Waals surface area contributed by atoms with Gasteiger partial charge < -0.3 is 5.32 Å². The first-order valence-corrected chi connectivity index (χ1v) is 7.72. The van der Waals surface area contributed by atoms with E-state index in [1.165, 1.54) is 15.3 Å². The average Bonchev–Trinajstić information content (AvgIpc) is 2.83. The molecule has 0 aliphatic carbocycles. The molecule has 0 amide bonds. The number of hydrogen-bond donors (Lipinski definition) is 1. The second-order valence-electron chi connectivity index (χ2n) is 5.53. The third kappa shape index (κ3) is 3.07. The molecule has 2 aromatic rings. The van der Waals surface area contributed by atoms with E-state index in [4.69, 9.17) is 0 Å². The monoisotopic (exact) mass is 273 g/mol. The summed E-state index contributed by atoms with van der Waals surface area (Å²) >= 11 is 1.89. The van der Waals surface area contributed by atoms with E-state index in [1.54, 1.807) is 0 Å². The highest BCUT2D eigenvalue weighted by Gasteiger charge is 2.32. The third-order valence-electron chi connectivity index (χ3n) is 3.69. The fourth-order valence-corrected chi connectivity index (χ4v) is 3.70. The summed E-state index contributed by atoms with van der Waals surface area (Å²) in [6, 6.07) is 15.6. The SMILES string of the molecule is CCNC(c1ccc(C)s1)C(C)(C)c1ccccc1. The number of aryl methyl sites for hydroxylation is 1. The average molecular weight is 273 g/mol. The molecule has 1 aromatic heterocycles. The van der Waals surface area contributed by atoms with Gasteiger partial charge in [-0.25, -0.2) is 0 Å². The minimum absolute atomic E-state index is 0.0779. The fraction of sp³-hybridized carbons (Fsp3) is 0.412. The van der Waals surface area contributed by atoms with E-state index in [2.05, 4.69) is 75.5 Å². The van der Waals surface area contributed by atoms with Gasteiger partial charge in [-0.15, -0.1) is 11.3 Å². The van der Waals surface area contributed by atoms with E-state index in [0.29, 0.717) is 6.04 Å². The van der Waals surface area contributed by atoms with Gasteiger partial charge in [0.05, 0.1) is 6.04 Å². The second-order valence-corrected chi connectivity index (χ2v) is 6.85. The van der Waals surface area contributed by atoms with Crippen LogP contribution in [-0.2, 0) is 5.41 Å². The molecule has 102 valence electrons. The van der Waals surface area contributed by atoms with Crippen molar-refractivity contribution in [3.8, 4) is 0 Å². The van der Waals surface area contributed by atoms with Crippen LogP contribution in [0.15, 0.2) is 42.5 Å². The molecule has 1 unspecified atom stereocenters. The molecular formula is C17H23NS. The van der Waals surface area contributed by atoms with E-state index in [9.17, 15) is 0 Å². The Labute approximate surface area is 120 Å². The van der Waals surface area contributed by atoms with Crippen LogP contribution in [0.4, 0.5) is 0 Å². The van der Waals surface area contributed by atoms with Gasteiger partial charge in [0.1, 0.15) is 0 Å². The predicted octanol–water partition coefficient (Wildman–Crippen LogP) is 4.68. The first-order chi connectivity index (χ1) is 9.05. The second kappa shape index (κ2) is 5.89. The molecular weight excluding hydrogens is 250 g/mol. The molecule has 1 aromatic carbocycles. The number of nitrogens with one attached hydrogen (secondary N) is 1. The van der Waals surface area contributed by atoms with Gasteiger partial charge in [0.2, 0.25) is 0 Å². The maximum atomic E-state index is 3.66. The molecule has 0 radical (unpaired) electrons. The van der Waals surface area contributed by atoms with Gasteiger partial charge in [-0.3, -0.25) is 0 Å². The Morgan fingerprint density at radius 2 is 1.79 bits per heavy atom. The third-order valence-corrected chi connectivity index (χ3v) is 4.76. The Kier molecular flexibility index (Phi) is 4.43. The van der Waals surface area contributed by atoms with Crippen molar-refractivity contribution < 1.29 is 0 Å². The smallest absolute Gasteiger partial charge is 0.0507 e. The highest BCUT2D eigenvalue weighted by Crippen LogP contribution is 2.39. The Morgan fingerprint density at radius 1 is 1.11 bits per heavy atom. The van der Waals surface area contributed by atoms with Crippen molar-refractivity contribution in [2.45, 2.75) is 39.2 Å². The van der Waals surface area contributed by atoms with Gasteiger partial charge >= 0.3 is 0 Å². The van der Waals surface area contributed by atoms with Crippen molar-refractivity contribution in [1.82, 2.24) is 5.32 Å². The summed E-state index contributed by atoms with van der Waals surface area (Å²) in [6.45, 7) is 9.98. The standard InChI is InChI=1S/C17H23NS/c1-5-18-16(15-12-11-13(2)19-15)17(3,4)14-9-7-6-8-10-14/h6-12,16,18H,5H2,1-4H3. The van der Waals surface area contributed by atoms with E-state index in [-0.39, 0.29) is 5.41 Å². The van der Waals surface area contributed by atoms with Crippen LogP contribution in [0.25, 0.3) is 0 Å². The number of benzene rings is 1. The lowest BCUT2D eigenvalue weighted by atomic mass is 9.77. The molecule has 1 N–H and O–H groups in total. The zero-order valence-corrected chi connectivity index (χ0v) is 13.1. The van der Waals surface area contributed by atoms with Gasteiger partial charge in [0.15, 0.2) is 0 Å². The van der Waals surface area contributed by atoms with Crippen LogP contribution in [0.3, 0.4) is 0 Å². The molecule has 2 heteroatoms. The van der Waals surface area contributed by atoms with Crippen LogP contribution in [0.5, 0.6) is 0 Å². The number of thiophene rings is 1. The molecule has 0 spiro atoms. The van der Waals surface area contributed by atoms with Crippen molar-refractivity contribution in [3.63, 3.8) is 0 Å². The van der Waals surface area contributed by atoms with Crippen LogP contribution in [-0.4, -0.2) is 6.54 Å². The fourth-order valence-electron chi connectivity index (χ4n) is 2.56. The minimum atomic E-state index is 0.0779. The van der Waals surface area contributed by atoms with Crippen molar-refractivity contribution in [1.29, 1.82) is 0 Å². The summed E-state index contributed by atoms with van der Waals surface area (Å²) in [4.78, 5) is 2.80. The molecule has 2 rings (SSSR count). The molecule has 0 aliphatic heterocycles. The quantitative estimate of drug-likeness (QED) is 0.833. The van der Waals surface area contributed by atoms with Crippen molar-refractivity contribution in [3.05, 3.63) is 57.8 Å². The summed E-state index contributed by atoms with van der Waals surface area (Å²) < 4.78 is 0. The topological polar surface area (TPSA) is 12.0 Å². The molecule has 0 aliphatic rings. The zero-order valence-electron chi connectivity index (χ0n) is 12.2. The first kappa shape index (κ1) is 14.3. The Balaban J connectivity index is 2.38. The normalized spacial score (nSPS) is 13.5. The van der Waals surface area contributed by atoms with Crippen molar-refractivity contribution >= 4 is 11.3 Å².